The predicted molar refractivity (Wildman–Crippen MR) is 66.2 cm³/mol. The SMILES string of the molecule is CC1CN(CCC(=O)O)c2c(F)cccc2S1. The lowest BCUT2D eigenvalue weighted by atomic mass is 10.2. The summed E-state index contributed by atoms with van der Waals surface area (Å²) in [6, 6.07) is 4.99. The third-order valence-corrected chi connectivity index (χ3v) is 3.80. The number of halogens is 1. The molecule has 1 aliphatic heterocycles. The maximum atomic E-state index is 13.8. The van der Waals surface area contributed by atoms with Gasteiger partial charge in [-0.25, -0.2) is 4.39 Å². The molecule has 2 rings (SSSR count). The van der Waals surface area contributed by atoms with Crippen molar-refractivity contribution >= 4 is 23.4 Å². The van der Waals surface area contributed by atoms with Crippen LogP contribution in [0.1, 0.15) is 13.3 Å². The van der Waals surface area contributed by atoms with Crippen LogP contribution in [0.4, 0.5) is 10.1 Å². The first-order valence-electron chi connectivity index (χ1n) is 5.50. The van der Waals surface area contributed by atoms with Crippen LogP contribution in [-0.2, 0) is 4.79 Å². The van der Waals surface area contributed by atoms with E-state index in [1.807, 2.05) is 11.0 Å². The van der Waals surface area contributed by atoms with Gasteiger partial charge in [0.1, 0.15) is 5.82 Å². The minimum absolute atomic E-state index is 0.0329. The predicted octanol–water partition coefficient (Wildman–Crippen LogP) is 2.60. The van der Waals surface area contributed by atoms with E-state index < -0.39 is 5.97 Å². The fourth-order valence-electron chi connectivity index (χ4n) is 1.99. The molecule has 0 saturated carbocycles. The zero-order valence-electron chi connectivity index (χ0n) is 9.52. The second-order valence-electron chi connectivity index (χ2n) is 4.10. The second-order valence-corrected chi connectivity index (χ2v) is 5.59. The topological polar surface area (TPSA) is 40.5 Å². The molecule has 0 saturated heterocycles. The summed E-state index contributed by atoms with van der Waals surface area (Å²) in [6.45, 7) is 3.10. The maximum Gasteiger partial charge on any atom is 0.305 e. The van der Waals surface area contributed by atoms with Crippen LogP contribution in [0, 0.1) is 5.82 Å². The number of benzene rings is 1. The van der Waals surface area contributed by atoms with E-state index in [2.05, 4.69) is 6.92 Å². The van der Waals surface area contributed by atoms with E-state index in [1.165, 1.54) is 6.07 Å². The first kappa shape index (κ1) is 12.2. The Hall–Kier alpha value is -1.23. The van der Waals surface area contributed by atoms with Crippen molar-refractivity contribution < 1.29 is 14.3 Å². The first-order valence-corrected chi connectivity index (χ1v) is 6.38. The Labute approximate surface area is 104 Å². The molecule has 5 heteroatoms. The van der Waals surface area contributed by atoms with Gasteiger partial charge >= 0.3 is 5.97 Å². The number of hydrogen-bond acceptors (Lipinski definition) is 3. The van der Waals surface area contributed by atoms with Crippen molar-refractivity contribution in [1.29, 1.82) is 0 Å². The maximum absolute atomic E-state index is 13.8. The Bertz CT molecular complexity index is 439. The Balaban J connectivity index is 2.26. The van der Waals surface area contributed by atoms with Crippen molar-refractivity contribution in [3.63, 3.8) is 0 Å². The van der Waals surface area contributed by atoms with Crippen LogP contribution in [0.15, 0.2) is 23.1 Å². The van der Waals surface area contributed by atoms with E-state index in [0.29, 0.717) is 24.0 Å². The molecule has 3 nitrogen and oxygen atoms in total. The summed E-state index contributed by atoms with van der Waals surface area (Å²) in [5, 5.41) is 9.05. The fourth-order valence-corrected chi connectivity index (χ4v) is 3.17. The lowest BCUT2D eigenvalue weighted by molar-refractivity contribution is -0.136. The summed E-state index contributed by atoms with van der Waals surface area (Å²) in [5.74, 6) is -1.12. The van der Waals surface area contributed by atoms with Crippen LogP contribution in [0.25, 0.3) is 0 Å². The highest BCUT2D eigenvalue weighted by Crippen LogP contribution is 2.39. The van der Waals surface area contributed by atoms with Crippen molar-refractivity contribution in [3.05, 3.63) is 24.0 Å². The van der Waals surface area contributed by atoms with Gasteiger partial charge in [-0.1, -0.05) is 13.0 Å². The minimum atomic E-state index is -0.853. The molecule has 1 N–H and O–H groups in total. The molecule has 1 unspecified atom stereocenters. The molecule has 0 spiro atoms. The molecule has 0 amide bonds. The highest BCUT2D eigenvalue weighted by atomic mass is 32.2. The Morgan fingerprint density at radius 3 is 3.12 bits per heavy atom. The van der Waals surface area contributed by atoms with Crippen molar-refractivity contribution in [3.8, 4) is 0 Å². The summed E-state index contributed by atoms with van der Waals surface area (Å²) in [4.78, 5) is 13.3. The van der Waals surface area contributed by atoms with E-state index in [0.717, 1.165) is 4.90 Å². The van der Waals surface area contributed by atoms with Crippen molar-refractivity contribution in [2.45, 2.75) is 23.5 Å². The minimum Gasteiger partial charge on any atom is -0.481 e. The molecule has 17 heavy (non-hydrogen) atoms. The van der Waals surface area contributed by atoms with E-state index in [1.54, 1.807) is 17.8 Å². The summed E-state index contributed by atoms with van der Waals surface area (Å²) in [7, 11) is 0. The van der Waals surface area contributed by atoms with Crippen LogP contribution >= 0.6 is 11.8 Å². The van der Waals surface area contributed by atoms with E-state index in [-0.39, 0.29) is 12.2 Å². The Morgan fingerprint density at radius 2 is 2.41 bits per heavy atom. The summed E-state index contributed by atoms with van der Waals surface area (Å²) >= 11 is 1.63. The number of hydrogen-bond donors (Lipinski definition) is 1. The zero-order valence-corrected chi connectivity index (χ0v) is 10.3. The number of nitrogens with zero attached hydrogens (tertiary/aromatic N) is 1. The standard InChI is InChI=1S/C12H14FNO2S/c1-8-7-14(6-5-11(15)16)12-9(13)3-2-4-10(12)17-8/h2-4,8H,5-7H2,1H3,(H,15,16). The number of carbonyl (C=O) groups is 1. The molecule has 1 heterocycles. The number of thioether (sulfide) groups is 1. The van der Waals surface area contributed by atoms with E-state index in [4.69, 9.17) is 5.11 Å². The molecule has 0 aliphatic carbocycles. The molecule has 0 aromatic heterocycles. The molecule has 0 radical (unpaired) electrons. The highest BCUT2D eigenvalue weighted by Gasteiger charge is 2.25. The molecular weight excluding hydrogens is 241 g/mol. The third kappa shape index (κ3) is 2.72. The Morgan fingerprint density at radius 1 is 1.65 bits per heavy atom. The van der Waals surface area contributed by atoms with E-state index in [9.17, 15) is 9.18 Å². The lowest BCUT2D eigenvalue weighted by Crippen LogP contribution is -2.35. The second kappa shape index (κ2) is 4.96. The number of para-hydroxylation sites is 1. The number of aliphatic carboxylic acids is 1. The highest BCUT2D eigenvalue weighted by molar-refractivity contribution is 8.00. The molecule has 0 bridgehead atoms. The third-order valence-electron chi connectivity index (χ3n) is 2.67. The number of anilines is 1. The zero-order chi connectivity index (χ0) is 12.4. The lowest BCUT2D eigenvalue weighted by Gasteiger charge is -2.34. The van der Waals surface area contributed by atoms with Gasteiger partial charge in [-0.05, 0) is 12.1 Å². The van der Waals surface area contributed by atoms with Gasteiger partial charge in [0, 0.05) is 23.2 Å². The van der Waals surface area contributed by atoms with Crippen LogP contribution in [0.3, 0.4) is 0 Å². The van der Waals surface area contributed by atoms with Crippen LogP contribution in [-0.4, -0.2) is 29.4 Å². The van der Waals surface area contributed by atoms with Gasteiger partial charge in [0.25, 0.3) is 0 Å². The van der Waals surface area contributed by atoms with Gasteiger partial charge in [-0.2, -0.15) is 0 Å². The van der Waals surface area contributed by atoms with Crippen molar-refractivity contribution in [1.82, 2.24) is 0 Å². The largest absolute Gasteiger partial charge is 0.481 e. The number of carboxylic acids is 1. The average Bonchev–Trinajstić information content (AvgIpc) is 2.25. The van der Waals surface area contributed by atoms with Crippen LogP contribution in [0.2, 0.25) is 0 Å². The monoisotopic (exact) mass is 255 g/mol. The molecular formula is C12H14FNO2S. The number of fused-ring (bicyclic) bond motifs is 1. The van der Waals surface area contributed by atoms with Gasteiger partial charge in [0.05, 0.1) is 12.1 Å². The molecule has 92 valence electrons. The van der Waals surface area contributed by atoms with Crippen LogP contribution < -0.4 is 4.90 Å². The average molecular weight is 255 g/mol. The number of rotatable bonds is 3. The molecule has 1 aliphatic rings. The van der Waals surface area contributed by atoms with Crippen molar-refractivity contribution in [2.24, 2.45) is 0 Å². The molecule has 0 fully saturated rings. The van der Waals surface area contributed by atoms with Gasteiger partial charge in [0.15, 0.2) is 0 Å². The fraction of sp³-hybridized carbons (Fsp3) is 0.417. The quantitative estimate of drug-likeness (QED) is 0.901. The Kier molecular flexibility index (Phi) is 3.57. The summed E-state index contributed by atoms with van der Waals surface area (Å²) in [5.41, 5.74) is 0.553. The van der Waals surface area contributed by atoms with Gasteiger partial charge < -0.3 is 10.0 Å². The van der Waals surface area contributed by atoms with Gasteiger partial charge in [-0.3, -0.25) is 4.79 Å². The molecule has 1 aromatic rings. The summed E-state index contributed by atoms with van der Waals surface area (Å²) < 4.78 is 13.8. The van der Waals surface area contributed by atoms with E-state index >= 15 is 0 Å². The van der Waals surface area contributed by atoms with Gasteiger partial charge in [-0.15, -0.1) is 11.8 Å². The first-order chi connectivity index (χ1) is 8.08. The smallest absolute Gasteiger partial charge is 0.305 e. The molecule has 1 aromatic carbocycles. The summed E-state index contributed by atoms with van der Waals surface area (Å²) in [6.07, 6.45) is 0.0329. The number of carboxylic acid groups (broad SMARTS) is 1. The van der Waals surface area contributed by atoms with Crippen molar-refractivity contribution in [2.75, 3.05) is 18.0 Å². The van der Waals surface area contributed by atoms with Gasteiger partial charge in [0.2, 0.25) is 0 Å². The molecule has 1 atom stereocenters. The van der Waals surface area contributed by atoms with Crippen LogP contribution in [0.5, 0.6) is 0 Å². The normalized spacial score (nSPS) is 18.9.